The number of benzene rings is 2. The lowest BCUT2D eigenvalue weighted by Gasteiger charge is -2.35. The van der Waals surface area contributed by atoms with Crippen LogP contribution in [-0.2, 0) is 20.0 Å². The van der Waals surface area contributed by atoms with Crippen LogP contribution < -0.4 is 14.4 Å². The van der Waals surface area contributed by atoms with Gasteiger partial charge in [-0.15, -0.1) is 0 Å². The van der Waals surface area contributed by atoms with Gasteiger partial charge in [0.05, 0.1) is 17.8 Å². The highest BCUT2D eigenvalue weighted by molar-refractivity contribution is 7.90. The fraction of sp³-hybridized carbons (Fsp3) is 0.400. The van der Waals surface area contributed by atoms with Gasteiger partial charge in [-0.25, -0.2) is 25.9 Å². The fourth-order valence-electron chi connectivity index (χ4n) is 3.41. The van der Waals surface area contributed by atoms with Crippen molar-refractivity contribution in [2.45, 2.75) is 11.8 Å². The third kappa shape index (κ3) is 5.73. The summed E-state index contributed by atoms with van der Waals surface area (Å²) in [6.07, 6.45) is 0. The van der Waals surface area contributed by atoms with Crippen molar-refractivity contribution in [3.05, 3.63) is 53.8 Å². The Hall–Kier alpha value is -2.21. The molecule has 0 radical (unpaired) electrons. The Morgan fingerprint density at radius 2 is 1.65 bits per heavy atom. The third-order valence-electron chi connectivity index (χ3n) is 5.15. The molecule has 0 bridgehead atoms. The molecule has 0 amide bonds. The highest BCUT2D eigenvalue weighted by Crippen LogP contribution is 2.21. The van der Waals surface area contributed by atoms with E-state index >= 15 is 0 Å². The molecule has 1 aliphatic heterocycles. The number of aryl methyl sites for hydroxylation is 1. The van der Waals surface area contributed by atoms with Crippen molar-refractivity contribution in [3.8, 4) is 5.75 Å². The third-order valence-corrected chi connectivity index (χ3v) is 8.48. The summed E-state index contributed by atoms with van der Waals surface area (Å²) < 4.78 is 72.1. The largest absolute Gasteiger partial charge is 0.496 e. The number of halogens is 1. The molecule has 2 aromatic rings. The quantitative estimate of drug-likeness (QED) is 0.628. The van der Waals surface area contributed by atoms with Crippen molar-refractivity contribution in [2.24, 2.45) is 0 Å². The molecule has 0 spiro atoms. The van der Waals surface area contributed by atoms with Gasteiger partial charge in [0.15, 0.2) is 0 Å². The number of hydrogen-bond donors (Lipinski definition) is 1. The van der Waals surface area contributed by atoms with Gasteiger partial charge in [-0.2, -0.15) is 4.31 Å². The van der Waals surface area contributed by atoms with E-state index in [0.717, 1.165) is 5.69 Å². The molecule has 1 aliphatic rings. The van der Waals surface area contributed by atoms with E-state index in [4.69, 9.17) is 4.74 Å². The Kier molecular flexibility index (Phi) is 7.20. The van der Waals surface area contributed by atoms with Gasteiger partial charge in [-0.1, -0.05) is 0 Å². The van der Waals surface area contributed by atoms with E-state index in [1.165, 1.54) is 35.7 Å². The van der Waals surface area contributed by atoms with E-state index < -0.39 is 20.0 Å². The predicted octanol–water partition coefficient (Wildman–Crippen LogP) is 1.57. The van der Waals surface area contributed by atoms with Crippen molar-refractivity contribution in [1.82, 2.24) is 9.03 Å². The first kappa shape index (κ1) is 23.5. The van der Waals surface area contributed by atoms with Crippen LogP contribution in [0.25, 0.3) is 0 Å². The second kappa shape index (κ2) is 9.51. The molecule has 31 heavy (non-hydrogen) atoms. The second-order valence-electron chi connectivity index (χ2n) is 7.21. The molecule has 8 nitrogen and oxygen atoms in total. The number of rotatable bonds is 8. The topological polar surface area (TPSA) is 96.0 Å². The molecule has 3 rings (SSSR count). The van der Waals surface area contributed by atoms with Crippen LogP contribution in [0, 0.1) is 12.7 Å². The highest BCUT2D eigenvalue weighted by Gasteiger charge is 2.27. The summed E-state index contributed by atoms with van der Waals surface area (Å²) in [4.78, 5) is 2.04. The zero-order chi connectivity index (χ0) is 22.6. The van der Waals surface area contributed by atoms with Crippen LogP contribution in [0.15, 0.2) is 47.4 Å². The summed E-state index contributed by atoms with van der Waals surface area (Å²) >= 11 is 0. The standard InChI is InChI=1S/C20H26FN3O5S2/c1-16-15-19(7-8-20(16)29-2)31(27,28)22-9-14-30(25,26)24-12-10-23(11-13-24)18-5-3-17(21)4-6-18/h3-8,15,22H,9-14H2,1-2H3. The zero-order valence-electron chi connectivity index (χ0n) is 17.4. The summed E-state index contributed by atoms with van der Waals surface area (Å²) in [5, 5.41) is 0. The fourth-order valence-corrected chi connectivity index (χ4v) is 6.00. The Balaban J connectivity index is 1.54. The van der Waals surface area contributed by atoms with Crippen LogP contribution in [0.5, 0.6) is 5.75 Å². The van der Waals surface area contributed by atoms with E-state index in [2.05, 4.69) is 4.72 Å². The van der Waals surface area contributed by atoms with Crippen molar-refractivity contribution >= 4 is 25.7 Å². The molecule has 1 fully saturated rings. The van der Waals surface area contributed by atoms with Gasteiger partial charge in [0.25, 0.3) is 0 Å². The van der Waals surface area contributed by atoms with Gasteiger partial charge in [0.2, 0.25) is 20.0 Å². The maximum absolute atomic E-state index is 13.1. The number of nitrogens with zero attached hydrogens (tertiary/aromatic N) is 2. The van der Waals surface area contributed by atoms with E-state index in [-0.39, 0.29) is 36.1 Å². The molecule has 0 aromatic heterocycles. The van der Waals surface area contributed by atoms with Gasteiger partial charge < -0.3 is 9.64 Å². The maximum Gasteiger partial charge on any atom is 0.240 e. The maximum atomic E-state index is 13.1. The Labute approximate surface area is 182 Å². The average Bonchev–Trinajstić information content (AvgIpc) is 2.74. The van der Waals surface area contributed by atoms with Gasteiger partial charge in [-0.05, 0) is 55.0 Å². The van der Waals surface area contributed by atoms with Gasteiger partial charge in [0.1, 0.15) is 11.6 Å². The molecule has 1 heterocycles. The molecule has 170 valence electrons. The molecule has 11 heteroatoms. The smallest absolute Gasteiger partial charge is 0.240 e. The predicted molar refractivity (Wildman–Crippen MR) is 117 cm³/mol. The number of sulfonamides is 2. The Bertz CT molecular complexity index is 1110. The van der Waals surface area contributed by atoms with Crippen LogP contribution >= 0.6 is 0 Å². The number of piperazine rings is 1. The number of nitrogens with one attached hydrogen (secondary N) is 1. The number of hydrogen-bond acceptors (Lipinski definition) is 6. The first-order valence-corrected chi connectivity index (χ1v) is 12.8. The Morgan fingerprint density at radius 1 is 1.00 bits per heavy atom. The first-order valence-electron chi connectivity index (χ1n) is 9.75. The number of anilines is 1. The SMILES string of the molecule is COc1ccc(S(=O)(=O)NCCS(=O)(=O)N2CCN(c3ccc(F)cc3)CC2)cc1C. The number of methoxy groups -OCH3 is 1. The Morgan fingerprint density at radius 3 is 2.23 bits per heavy atom. The van der Waals surface area contributed by atoms with Crippen molar-refractivity contribution in [2.75, 3.05) is 50.5 Å². The van der Waals surface area contributed by atoms with Crippen LogP contribution in [0.2, 0.25) is 0 Å². The summed E-state index contributed by atoms with van der Waals surface area (Å²) in [7, 11) is -5.96. The molecule has 1 N–H and O–H groups in total. The minimum Gasteiger partial charge on any atom is -0.496 e. The summed E-state index contributed by atoms with van der Waals surface area (Å²) in [6, 6.07) is 10.5. The van der Waals surface area contributed by atoms with Gasteiger partial charge in [0, 0.05) is 38.4 Å². The lowest BCUT2D eigenvalue weighted by Crippen LogP contribution is -2.50. The minimum atomic E-state index is -3.84. The molecule has 0 unspecified atom stereocenters. The molecule has 2 aromatic carbocycles. The molecule has 0 atom stereocenters. The monoisotopic (exact) mass is 471 g/mol. The zero-order valence-corrected chi connectivity index (χ0v) is 19.0. The summed E-state index contributed by atoms with van der Waals surface area (Å²) in [6.45, 7) is 3.01. The van der Waals surface area contributed by atoms with Gasteiger partial charge >= 0.3 is 0 Å². The molecular formula is C20H26FN3O5S2. The summed E-state index contributed by atoms with van der Waals surface area (Å²) in [5.41, 5.74) is 1.50. The van der Waals surface area contributed by atoms with Crippen molar-refractivity contribution < 1.29 is 26.0 Å². The van der Waals surface area contributed by atoms with E-state index in [0.29, 0.717) is 24.4 Å². The molecule has 1 saturated heterocycles. The second-order valence-corrected chi connectivity index (χ2v) is 11.1. The van der Waals surface area contributed by atoms with Gasteiger partial charge in [-0.3, -0.25) is 0 Å². The molecule has 0 aliphatic carbocycles. The van der Waals surface area contributed by atoms with Crippen LogP contribution in [0.3, 0.4) is 0 Å². The van der Waals surface area contributed by atoms with Crippen molar-refractivity contribution in [1.29, 1.82) is 0 Å². The van der Waals surface area contributed by atoms with Crippen molar-refractivity contribution in [3.63, 3.8) is 0 Å². The minimum absolute atomic E-state index is 0.0520. The first-order chi connectivity index (χ1) is 14.6. The lowest BCUT2D eigenvalue weighted by atomic mass is 10.2. The van der Waals surface area contributed by atoms with Crippen LogP contribution in [0.1, 0.15) is 5.56 Å². The van der Waals surface area contributed by atoms with Crippen LogP contribution in [-0.4, -0.2) is 66.7 Å². The molecule has 0 saturated carbocycles. The average molecular weight is 472 g/mol. The summed E-state index contributed by atoms with van der Waals surface area (Å²) in [5.74, 6) is -0.0868. The lowest BCUT2D eigenvalue weighted by molar-refractivity contribution is 0.385. The highest BCUT2D eigenvalue weighted by atomic mass is 32.2. The molecular weight excluding hydrogens is 445 g/mol. The van der Waals surface area contributed by atoms with E-state index in [1.807, 2.05) is 4.90 Å². The normalized spacial score (nSPS) is 15.8. The van der Waals surface area contributed by atoms with E-state index in [1.54, 1.807) is 25.1 Å². The number of ether oxygens (including phenoxy) is 1. The van der Waals surface area contributed by atoms with Crippen LogP contribution in [0.4, 0.5) is 10.1 Å². The van der Waals surface area contributed by atoms with E-state index in [9.17, 15) is 21.2 Å².